The van der Waals surface area contributed by atoms with Crippen molar-refractivity contribution in [1.82, 2.24) is 5.32 Å². The third kappa shape index (κ3) is 2.76. The number of methoxy groups -OCH3 is 1. The van der Waals surface area contributed by atoms with Crippen LogP contribution in [0.3, 0.4) is 0 Å². The molecule has 0 aliphatic rings. The summed E-state index contributed by atoms with van der Waals surface area (Å²) in [4.78, 5) is 2.66. The molecule has 2 nitrogen and oxygen atoms in total. The summed E-state index contributed by atoms with van der Waals surface area (Å²) in [6.07, 6.45) is 0. The minimum Gasteiger partial charge on any atom is -0.496 e. The first-order valence-corrected chi connectivity index (χ1v) is 7.33. The van der Waals surface area contributed by atoms with E-state index < -0.39 is 0 Å². The number of hydrogen-bond acceptors (Lipinski definition) is 3. The largest absolute Gasteiger partial charge is 0.496 e. The zero-order valence-electron chi connectivity index (χ0n) is 10.7. The molecule has 4 heteroatoms. The predicted molar refractivity (Wildman–Crippen MR) is 80.7 cm³/mol. The van der Waals surface area contributed by atoms with Gasteiger partial charge >= 0.3 is 0 Å². The lowest BCUT2D eigenvalue weighted by Crippen LogP contribution is -2.16. The van der Waals surface area contributed by atoms with Crippen LogP contribution in [0.4, 0.5) is 0 Å². The molecular formula is C14H16BrNOS. The molecule has 0 radical (unpaired) electrons. The van der Waals surface area contributed by atoms with Crippen LogP contribution in [0.25, 0.3) is 0 Å². The lowest BCUT2D eigenvalue weighted by Gasteiger charge is -2.16. The minimum atomic E-state index is 0.228. The summed E-state index contributed by atoms with van der Waals surface area (Å²) in [6, 6.07) is 10.8. The first-order valence-electron chi connectivity index (χ1n) is 5.72. The third-order valence-electron chi connectivity index (χ3n) is 2.84. The van der Waals surface area contributed by atoms with Crippen molar-refractivity contribution < 1.29 is 4.74 Å². The maximum absolute atomic E-state index is 5.26. The van der Waals surface area contributed by atoms with E-state index in [0.717, 1.165) is 10.2 Å². The average molecular weight is 326 g/mol. The Balaban J connectivity index is 2.36. The van der Waals surface area contributed by atoms with Crippen LogP contribution in [0.5, 0.6) is 5.75 Å². The smallest absolute Gasteiger partial charge is 0.133 e. The van der Waals surface area contributed by atoms with Gasteiger partial charge in [-0.05, 0) is 59.7 Å². The van der Waals surface area contributed by atoms with Crippen LogP contribution < -0.4 is 10.1 Å². The summed E-state index contributed by atoms with van der Waals surface area (Å²) in [5, 5.41) is 3.36. The van der Waals surface area contributed by atoms with Crippen molar-refractivity contribution in [3.8, 4) is 5.75 Å². The summed E-state index contributed by atoms with van der Waals surface area (Å²) in [7, 11) is 3.66. The predicted octanol–water partition coefficient (Wildman–Crippen LogP) is 4.14. The molecule has 0 amide bonds. The topological polar surface area (TPSA) is 21.3 Å². The SMILES string of the molecule is CNC(c1ccc(OC)c(Br)c1)c1ccc(C)s1. The Hall–Kier alpha value is -0.840. The Morgan fingerprint density at radius 2 is 2.06 bits per heavy atom. The zero-order chi connectivity index (χ0) is 13.1. The van der Waals surface area contributed by atoms with Gasteiger partial charge in [0.15, 0.2) is 0 Å². The molecule has 1 unspecified atom stereocenters. The molecule has 1 aromatic carbocycles. The number of benzene rings is 1. The second kappa shape index (κ2) is 5.87. The molecular weight excluding hydrogens is 310 g/mol. The molecule has 18 heavy (non-hydrogen) atoms. The lowest BCUT2D eigenvalue weighted by molar-refractivity contribution is 0.412. The van der Waals surface area contributed by atoms with E-state index in [1.807, 2.05) is 24.5 Å². The zero-order valence-corrected chi connectivity index (χ0v) is 13.1. The van der Waals surface area contributed by atoms with Crippen molar-refractivity contribution in [3.05, 3.63) is 50.1 Å². The van der Waals surface area contributed by atoms with Gasteiger partial charge in [-0.1, -0.05) is 6.07 Å². The fourth-order valence-corrected chi connectivity index (χ4v) is 3.52. The Morgan fingerprint density at radius 3 is 2.56 bits per heavy atom. The van der Waals surface area contributed by atoms with E-state index in [4.69, 9.17) is 4.74 Å². The summed E-state index contributed by atoms with van der Waals surface area (Å²) < 4.78 is 6.24. The van der Waals surface area contributed by atoms with Gasteiger partial charge in [-0.3, -0.25) is 0 Å². The number of thiophene rings is 1. The van der Waals surface area contributed by atoms with Crippen molar-refractivity contribution in [2.24, 2.45) is 0 Å². The first kappa shape index (κ1) is 13.6. The number of nitrogens with one attached hydrogen (secondary N) is 1. The van der Waals surface area contributed by atoms with Gasteiger partial charge in [-0.15, -0.1) is 11.3 Å². The van der Waals surface area contributed by atoms with Crippen LogP contribution in [-0.2, 0) is 0 Å². The van der Waals surface area contributed by atoms with E-state index in [1.165, 1.54) is 15.3 Å². The molecule has 0 saturated carbocycles. The van der Waals surface area contributed by atoms with E-state index in [0.29, 0.717) is 0 Å². The molecule has 2 aromatic rings. The van der Waals surface area contributed by atoms with E-state index in [2.05, 4.69) is 52.4 Å². The van der Waals surface area contributed by atoms with Gasteiger partial charge < -0.3 is 10.1 Å². The Bertz CT molecular complexity index is 538. The molecule has 0 aliphatic heterocycles. The maximum Gasteiger partial charge on any atom is 0.133 e. The van der Waals surface area contributed by atoms with E-state index in [9.17, 15) is 0 Å². The van der Waals surface area contributed by atoms with Crippen molar-refractivity contribution in [2.75, 3.05) is 14.2 Å². The molecule has 0 bridgehead atoms. The Morgan fingerprint density at radius 1 is 1.28 bits per heavy atom. The van der Waals surface area contributed by atoms with Crippen LogP contribution in [-0.4, -0.2) is 14.2 Å². The lowest BCUT2D eigenvalue weighted by atomic mass is 10.1. The first-order chi connectivity index (χ1) is 8.65. The maximum atomic E-state index is 5.26. The molecule has 1 aromatic heterocycles. The fraction of sp³-hybridized carbons (Fsp3) is 0.286. The molecule has 0 fully saturated rings. The van der Waals surface area contributed by atoms with Crippen molar-refractivity contribution in [1.29, 1.82) is 0 Å². The second-order valence-electron chi connectivity index (χ2n) is 4.06. The van der Waals surface area contributed by atoms with Gasteiger partial charge in [0.25, 0.3) is 0 Å². The average Bonchev–Trinajstić information content (AvgIpc) is 2.77. The van der Waals surface area contributed by atoms with E-state index in [1.54, 1.807) is 7.11 Å². The Kier molecular flexibility index (Phi) is 4.43. The van der Waals surface area contributed by atoms with Crippen molar-refractivity contribution >= 4 is 27.3 Å². The highest BCUT2D eigenvalue weighted by molar-refractivity contribution is 9.10. The highest BCUT2D eigenvalue weighted by Crippen LogP contribution is 2.32. The Labute approximate surface area is 120 Å². The molecule has 0 spiro atoms. The van der Waals surface area contributed by atoms with Gasteiger partial charge in [-0.25, -0.2) is 0 Å². The number of ether oxygens (including phenoxy) is 1. The van der Waals surface area contributed by atoms with Crippen LogP contribution in [0.15, 0.2) is 34.8 Å². The number of rotatable bonds is 4. The normalized spacial score (nSPS) is 12.4. The van der Waals surface area contributed by atoms with Crippen LogP contribution in [0.2, 0.25) is 0 Å². The highest BCUT2D eigenvalue weighted by Gasteiger charge is 2.15. The monoisotopic (exact) mass is 325 g/mol. The second-order valence-corrected chi connectivity index (χ2v) is 6.24. The van der Waals surface area contributed by atoms with Gasteiger partial charge in [-0.2, -0.15) is 0 Å². The summed E-state index contributed by atoms with van der Waals surface area (Å²) in [5.41, 5.74) is 1.23. The van der Waals surface area contributed by atoms with Gasteiger partial charge in [0.1, 0.15) is 5.75 Å². The molecule has 1 N–H and O–H groups in total. The van der Waals surface area contributed by atoms with Crippen molar-refractivity contribution in [3.63, 3.8) is 0 Å². The number of aryl methyl sites for hydroxylation is 1. The third-order valence-corrected chi connectivity index (χ3v) is 4.53. The standard InChI is InChI=1S/C14H16BrNOS/c1-9-4-7-13(18-9)14(16-2)10-5-6-12(17-3)11(15)8-10/h4-8,14,16H,1-3H3. The molecule has 0 aliphatic carbocycles. The van der Waals surface area contributed by atoms with E-state index >= 15 is 0 Å². The number of halogens is 1. The molecule has 0 saturated heterocycles. The fourth-order valence-electron chi connectivity index (χ4n) is 1.94. The summed E-state index contributed by atoms with van der Waals surface area (Å²) >= 11 is 5.36. The molecule has 96 valence electrons. The molecule has 1 heterocycles. The van der Waals surface area contributed by atoms with Crippen molar-refractivity contribution in [2.45, 2.75) is 13.0 Å². The van der Waals surface area contributed by atoms with Gasteiger partial charge in [0, 0.05) is 9.75 Å². The minimum absolute atomic E-state index is 0.228. The molecule has 1 atom stereocenters. The van der Waals surface area contributed by atoms with Gasteiger partial charge in [0.05, 0.1) is 17.6 Å². The molecule has 2 rings (SSSR count). The van der Waals surface area contributed by atoms with Crippen LogP contribution >= 0.6 is 27.3 Å². The highest BCUT2D eigenvalue weighted by atomic mass is 79.9. The number of hydrogen-bond donors (Lipinski definition) is 1. The van der Waals surface area contributed by atoms with Crippen LogP contribution in [0, 0.1) is 6.92 Å². The van der Waals surface area contributed by atoms with E-state index in [-0.39, 0.29) is 6.04 Å². The quantitative estimate of drug-likeness (QED) is 0.912. The summed E-state index contributed by atoms with van der Waals surface area (Å²) in [5.74, 6) is 0.857. The summed E-state index contributed by atoms with van der Waals surface area (Å²) in [6.45, 7) is 2.13. The van der Waals surface area contributed by atoms with Gasteiger partial charge in [0.2, 0.25) is 0 Å². The van der Waals surface area contributed by atoms with Crippen LogP contribution in [0.1, 0.15) is 21.4 Å².